The van der Waals surface area contributed by atoms with Gasteiger partial charge >= 0.3 is 6.09 Å². The number of amides is 1. The van der Waals surface area contributed by atoms with Gasteiger partial charge in [-0.15, -0.1) is 0 Å². The number of ether oxygens (including phenoxy) is 1. The van der Waals surface area contributed by atoms with Gasteiger partial charge in [-0.25, -0.2) is 9.78 Å². The first-order chi connectivity index (χ1) is 14.0. The van der Waals surface area contributed by atoms with Crippen LogP contribution in [-0.2, 0) is 4.74 Å². The molecule has 2 aromatic rings. The van der Waals surface area contributed by atoms with Crippen molar-refractivity contribution in [1.82, 2.24) is 20.1 Å². The molecule has 1 amide bonds. The van der Waals surface area contributed by atoms with Gasteiger partial charge in [0.15, 0.2) is 5.82 Å². The zero-order valence-corrected chi connectivity index (χ0v) is 18.0. The van der Waals surface area contributed by atoms with E-state index in [1.165, 1.54) is 11.3 Å². The molecule has 3 heterocycles. The third kappa shape index (κ3) is 6.40. The number of nitrogens with one attached hydrogen (secondary N) is 1. The van der Waals surface area contributed by atoms with Crippen LogP contribution in [0, 0.1) is 0 Å². The molecule has 0 aliphatic carbocycles. The van der Waals surface area contributed by atoms with E-state index in [9.17, 15) is 4.79 Å². The van der Waals surface area contributed by atoms with Crippen molar-refractivity contribution < 1.29 is 14.1 Å². The molecule has 2 aromatic heterocycles. The lowest BCUT2D eigenvalue weighted by molar-refractivity contribution is 0.181. The Morgan fingerprint density at radius 2 is 2.00 bits per heavy atom. The van der Waals surface area contributed by atoms with E-state index < -0.39 is 6.09 Å². The SMILES string of the molecule is CCC.CCCCC(Nc1nccc(N2CCOC2=O)n1)c1nc(C(C)C)no1. The maximum atomic E-state index is 11.7. The van der Waals surface area contributed by atoms with Crippen LogP contribution in [0.25, 0.3) is 0 Å². The molecule has 0 bridgehead atoms. The molecule has 0 saturated carbocycles. The lowest BCUT2D eigenvalue weighted by Crippen LogP contribution is -2.25. The number of cyclic esters (lactones) is 1. The number of unbranched alkanes of at least 4 members (excludes halogenated alkanes) is 1. The molecule has 3 rings (SSSR count). The number of nitrogens with zero attached hydrogens (tertiary/aromatic N) is 5. The first-order valence-corrected chi connectivity index (χ1v) is 10.4. The third-order valence-electron chi connectivity index (χ3n) is 4.10. The van der Waals surface area contributed by atoms with Crippen LogP contribution >= 0.6 is 0 Å². The fourth-order valence-electron chi connectivity index (χ4n) is 2.62. The average Bonchev–Trinajstić information content (AvgIpc) is 3.35. The first-order valence-electron chi connectivity index (χ1n) is 10.4. The maximum absolute atomic E-state index is 11.7. The van der Waals surface area contributed by atoms with Crippen LogP contribution in [-0.4, -0.2) is 39.4 Å². The Kier molecular flexibility index (Phi) is 8.82. The molecule has 1 aliphatic heterocycles. The second-order valence-electron chi connectivity index (χ2n) is 7.20. The van der Waals surface area contributed by atoms with Gasteiger partial charge in [0, 0.05) is 12.1 Å². The van der Waals surface area contributed by atoms with Gasteiger partial charge in [0.1, 0.15) is 18.5 Å². The van der Waals surface area contributed by atoms with Crippen LogP contribution in [0.5, 0.6) is 0 Å². The van der Waals surface area contributed by atoms with Gasteiger partial charge in [-0.1, -0.05) is 59.0 Å². The number of aromatic nitrogens is 4. The smallest absolute Gasteiger partial charge is 0.415 e. The number of carbonyl (C=O) groups is 1. The molecule has 29 heavy (non-hydrogen) atoms. The minimum Gasteiger partial charge on any atom is -0.447 e. The van der Waals surface area contributed by atoms with E-state index in [2.05, 4.69) is 46.2 Å². The van der Waals surface area contributed by atoms with Crippen LogP contribution in [0.2, 0.25) is 0 Å². The Morgan fingerprint density at radius 3 is 2.59 bits per heavy atom. The fourth-order valence-corrected chi connectivity index (χ4v) is 2.62. The molecule has 0 radical (unpaired) electrons. The highest BCUT2D eigenvalue weighted by Crippen LogP contribution is 2.24. The predicted molar refractivity (Wildman–Crippen MR) is 111 cm³/mol. The van der Waals surface area contributed by atoms with Crippen molar-refractivity contribution in [2.24, 2.45) is 0 Å². The van der Waals surface area contributed by atoms with Crippen molar-refractivity contribution in [3.05, 3.63) is 24.0 Å². The summed E-state index contributed by atoms with van der Waals surface area (Å²) < 4.78 is 10.4. The summed E-state index contributed by atoms with van der Waals surface area (Å²) in [6.07, 6.45) is 5.32. The molecule has 1 aliphatic rings. The number of hydrogen-bond donors (Lipinski definition) is 1. The van der Waals surface area contributed by atoms with E-state index in [0.717, 1.165) is 19.3 Å². The molecule has 9 nitrogen and oxygen atoms in total. The second kappa shape index (κ2) is 11.3. The zero-order valence-electron chi connectivity index (χ0n) is 18.0. The Bertz CT molecular complexity index is 764. The van der Waals surface area contributed by atoms with Gasteiger partial charge < -0.3 is 14.6 Å². The number of anilines is 2. The Morgan fingerprint density at radius 1 is 1.24 bits per heavy atom. The zero-order chi connectivity index (χ0) is 21.2. The van der Waals surface area contributed by atoms with Crippen molar-refractivity contribution in [2.75, 3.05) is 23.4 Å². The molecule has 0 spiro atoms. The monoisotopic (exact) mass is 404 g/mol. The first kappa shape index (κ1) is 22.6. The highest BCUT2D eigenvalue weighted by Gasteiger charge is 2.26. The summed E-state index contributed by atoms with van der Waals surface area (Å²) in [7, 11) is 0. The minimum atomic E-state index is -0.393. The fraction of sp³-hybridized carbons (Fsp3) is 0.650. The van der Waals surface area contributed by atoms with E-state index >= 15 is 0 Å². The van der Waals surface area contributed by atoms with Crippen LogP contribution in [0.15, 0.2) is 16.8 Å². The summed E-state index contributed by atoms with van der Waals surface area (Å²) in [6, 6.07) is 1.50. The van der Waals surface area contributed by atoms with E-state index in [4.69, 9.17) is 9.26 Å². The van der Waals surface area contributed by atoms with Crippen LogP contribution in [0.1, 0.15) is 84.0 Å². The third-order valence-corrected chi connectivity index (χ3v) is 4.10. The lowest BCUT2D eigenvalue weighted by Gasteiger charge is -2.16. The molecule has 1 N–H and O–H groups in total. The van der Waals surface area contributed by atoms with Crippen molar-refractivity contribution in [2.45, 2.75) is 72.3 Å². The normalized spacial score (nSPS) is 14.4. The summed E-state index contributed by atoms with van der Waals surface area (Å²) in [5.41, 5.74) is 0. The van der Waals surface area contributed by atoms with Crippen LogP contribution in [0.3, 0.4) is 0 Å². The summed E-state index contributed by atoms with van der Waals surface area (Å²) in [6.45, 7) is 11.3. The molecule has 0 aromatic carbocycles. The molecule has 1 fully saturated rings. The summed E-state index contributed by atoms with van der Waals surface area (Å²) in [5.74, 6) is 2.31. The van der Waals surface area contributed by atoms with Gasteiger partial charge in [0.05, 0.1) is 6.54 Å². The largest absolute Gasteiger partial charge is 0.447 e. The van der Waals surface area contributed by atoms with E-state index in [-0.39, 0.29) is 12.0 Å². The lowest BCUT2D eigenvalue weighted by atomic mass is 10.1. The summed E-state index contributed by atoms with van der Waals surface area (Å²) >= 11 is 0. The van der Waals surface area contributed by atoms with Crippen molar-refractivity contribution in [1.29, 1.82) is 0 Å². The molecule has 1 saturated heterocycles. The van der Waals surface area contributed by atoms with Gasteiger partial charge in [0.2, 0.25) is 11.8 Å². The Balaban J connectivity index is 0.000000941. The second-order valence-corrected chi connectivity index (χ2v) is 7.20. The number of hydrogen-bond acceptors (Lipinski definition) is 8. The van der Waals surface area contributed by atoms with Crippen molar-refractivity contribution in [3.63, 3.8) is 0 Å². The summed E-state index contributed by atoms with van der Waals surface area (Å²) in [4.78, 5) is 26.4. The maximum Gasteiger partial charge on any atom is 0.415 e. The number of rotatable bonds is 8. The van der Waals surface area contributed by atoms with E-state index in [1.54, 1.807) is 12.3 Å². The molecule has 1 atom stereocenters. The summed E-state index contributed by atoms with van der Waals surface area (Å²) in [5, 5.41) is 7.30. The molecule has 9 heteroatoms. The Labute approximate surface area is 172 Å². The predicted octanol–water partition coefficient (Wildman–Crippen LogP) is 4.70. The Hall–Kier alpha value is -2.71. The van der Waals surface area contributed by atoms with Crippen LogP contribution < -0.4 is 10.2 Å². The molecule has 160 valence electrons. The molecular formula is C20H32N6O3. The van der Waals surface area contributed by atoms with Crippen LogP contribution in [0.4, 0.5) is 16.6 Å². The van der Waals surface area contributed by atoms with Gasteiger partial charge in [-0.3, -0.25) is 4.90 Å². The van der Waals surface area contributed by atoms with Gasteiger partial charge in [0.25, 0.3) is 0 Å². The highest BCUT2D eigenvalue weighted by molar-refractivity contribution is 5.88. The standard InChI is InChI=1S/C17H24N6O3.C3H8/c1-4-5-6-12(15-21-14(11(2)3)22-26-15)19-16-18-8-7-13(20-16)23-9-10-25-17(23)24;1-3-2/h7-8,11-12H,4-6,9-10H2,1-3H3,(H,18,19,20);3H2,1-2H3. The molecule has 1 unspecified atom stereocenters. The molecular weight excluding hydrogens is 372 g/mol. The van der Waals surface area contributed by atoms with Crippen molar-refractivity contribution in [3.8, 4) is 0 Å². The van der Waals surface area contributed by atoms with E-state index in [0.29, 0.717) is 36.6 Å². The number of carbonyl (C=O) groups excluding carboxylic acids is 1. The highest BCUT2D eigenvalue weighted by atomic mass is 16.6. The minimum absolute atomic E-state index is 0.185. The van der Waals surface area contributed by atoms with Gasteiger partial charge in [-0.2, -0.15) is 9.97 Å². The van der Waals surface area contributed by atoms with Crippen molar-refractivity contribution >= 4 is 17.9 Å². The van der Waals surface area contributed by atoms with E-state index in [1.807, 2.05) is 13.8 Å². The topological polar surface area (TPSA) is 106 Å². The van der Waals surface area contributed by atoms with Gasteiger partial charge in [-0.05, 0) is 12.5 Å². The quantitative estimate of drug-likeness (QED) is 0.675. The average molecular weight is 405 g/mol.